The summed E-state index contributed by atoms with van der Waals surface area (Å²) in [7, 11) is -3.72. The summed E-state index contributed by atoms with van der Waals surface area (Å²) in [6, 6.07) is 13.4. The first-order chi connectivity index (χ1) is 14.6. The van der Waals surface area contributed by atoms with Crippen LogP contribution in [0.25, 0.3) is 0 Å². The summed E-state index contributed by atoms with van der Waals surface area (Å²) in [5.41, 5.74) is 1.67. The fourth-order valence-electron chi connectivity index (χ4n) is 2.95. The first-order valence-electron chi connectivity index (χ1n) is 9.35. The number of benzene rings is 2. The molecule has 0 aliphatic carbocycles. The normalized spacial score (nSPS) is 11.4. The van der Waals surface area contributed by atoms with Gasteiger partial charge in [-0.2, -0.15) is 0 Å². The van der Waals surface area contributed by atoms with Crippen LogP contribution in [0.1, 0.15) is 26.5 Å². The fourth-order valence-corrected chi connectivity index (χ4v) is 4.31. The quantitative estimate of drug-likeness (QED) is 0.549. The van der Waals surface area contributed by atoms with Gasteiger partial charge in [0.2, 0.25) is 10.0 Å². The maximum atomic E-state index is 13.6. The molecule has 0 radical (unpaired) electrons. The molecule has 0 aliphatic rings. The second kappa shape index (κ2) is 9.52. The summed E-state index contributed by atoms with van der Waals surface area (Å²) in [6.45, 7) is 2.60. The van der Waals surface area contributed by atoms with Crippen LogP contribution in [0, 0.1) is 18.6 Å². The molecule has 31 heavy (non-hydrogen) atoms. The third-order valence-electron chi connectivity index (χ3n) is 4.42. The Hall–Kier alpha value is -2.85. The second-order valence-corrected chi connectivity index (χ2v) is 9.94. The van der Waals surface area contributed by atoms with E-state index in [1.54, 1.807) is 6.92 Å². The number of hydrogen-bond donors (Lipinski definition) is 1. The monoisotopic (exact) mass is 465 g/mol. The van der Waals surface area contributed by atoms with E-state index in [1.165, 1.54) is 17.4 Å². The molecule has 0 atom stereocenters. The summed E-state index contributed by atoms with van der Waals surface area (Å²) in [4.78, 5) is 19.1. The van der Waals surface area contributed by atoms with E-state index < -0.39 is 27.6 Å². The molecular formula is C21H21F2N3O3S2. The van der Waals surface area contributed by atoms with E-state index in [0.29, 0.717) is 35.1 Å². The van der Waals surface area contributed by atoms with Gasteiger partial charge >= 0.3 is 0 Å². The molecular weight excluding hydrogens is 444 g/mol. The van der Waals surface area contributed by atoms with Gasteiger partial charge in [-0.15, -0.1) is 11.3 Å². The molecule has 1 aromatic heterocycles. The van der Waals surface area contributed by atoms with E-state index in [-0.39, 0.29) is 5.69 Å². The average Bonchev–Trinajstić information content (AvgIpc) is 3.09. The van der Waals surface area contributed by atoms with Gasteiger partial charge in [0.15, 0.2) is 16.8 Å². The summed E-state index contributed by atoms with van der Waals surface area (Å²) in [5.74, 6) is -2.60. The lowest BCUT2D eigenvalue weighted by atomic mass is 10.1. The van der Waals surface area contributed by atoms with Crippen molar-refractivity contribution >= 4 is 32.4 Å². The van der Waals surface area contributed by atoms with E-state index in [2.05, 4.69) is 4.98 Å². The lowest BCUT2D eigenvalue weighted by Gasteiger charge is -2.22. The molecule has 1 N–H and O–H groups in total. The van der Waals surface area contributed by atoms with Crippen LogP contribution >= 0.6 is 11.3 Å². The van der Waals surface area contributed by atoms with Gasteiger partial charge in [-0.3, -0.25) is 4.79 Å². The molecule has 0 saturated heterocycles. The van der Waals surface area contributed by atoms with Crippen molar-refractivity contribution in [3.8, 4) is 0 Å². The SMILES string of the molecule is Cc1sc(N(CCc2ccc(F)c(F)c2)Cc2ccccc2)nc1C(=O)NS(C)(=O)=O. The molecule has 3 rings (SSSR count). The average molecular weight is 466 g/mol. The highest BCUT2D eigenvalue weighted by molar-refractivity contribution is 7.89. The van der Waals surface area contributed by atoms with Gasteiger partial charge in [0.25, 0.3) is 5.91 Å². The van der Waals surface area contributed by atoms with Crippen LogP contribution < -0.4 is 9.62 Å². The highest BCUT2D eigenvalue weighted by Crippen LogP contribution is 2.27. The number of thiazole rings is 1. The number of aromatic nitrogens is 1. The van der Waals surface area contributed by atoms with E-state index in [1.807, 2.05) is 40.0 Å². The molecule has 164 valence electrons. The Morgan fingerprint density at radius 2 is 1.81 bits per heavy atom. The number of halogens is 2. The van der Waals surface area contributed by atoms with Crippen molar-refractivity contribution in [3.05, 3.63) is 81.9 Å². The summed E-state index contributed by atoms with van der Waals surface area (Å²) >= 11 is 1.26. The molecule has 0 aliphatic heterocycles. The molecule has 10 heteroatoms. The number of rotatable bonds is 8. The Morgan fingerprint density at radius 1 is 1.10 bits per heavy atom. The molecule has 0 fully saturated rings. The topological polar surface area (TPSA) is 79.4 Å². The largest absolute Gasteiger partial charge is 0.343 e. The van der Waals surface area contributed by atoms with Crippen molar-refractivity contribution in [1.29, 1.82) is 0 Å². The molecule has 0 unspecified atom stereocenters. The molecule has 0 saturated carbocycles. The van der Waals surface area contributed by atoms with Crippen molar-refractivity contribution in [3.63, 3.8) is 0 Å². The minimum atomic E-state index is -3.72. The zero-order valence-electron chi connectivity index (χ0n) is 16.9. The van der Waals surface area contributed by atoms with Gasteiger partial charge in [-0.1, -0.05) is 36.4 Å². The van der Waals surface area contributed by atoms with Gasteiger partial charge in [-0.25, -0.2) is 26.9 Å². The van der Waals surface area contributed by atoms with Crippen molar-refractivity contribution < 1.29 is 22.0 Å². The predicted molar refractivity (Wildman–Crippen MR) is 117 cm³/mol. The molecule has 1 heterocycles. The minimum Gasteiger partial charge on any atom is -0.343 e. The van der Waals surface area contributed by atoms with Crippen molar-refractivity contribution in [1.82, 2.24) is 9.71 Å². The first-order valence-corrected chi connectivity index (χ1v) is 12.1. The Morgan fingerprint density at radius 3 is 2.45 bits per heavy atom. The Balaban J connectivity index is 1.86. The number of nitrogens with one attached hydrogen (secondary N) is 1. The van der Waals surface area contributed by atoms with Crippen LogP contribution in [0.2, 0.25) is 0 Å². The number of aryl methyl sites for hydroxylation is 1. The van der Waals surface area contributed by atoms with E-state index in [9.17, 15) is 22.0 Å². The van der Waals surface area contributed by atoms with E-state index >= 15 is 0 Å². The molecule has 3 aromatic rings. The maximum absolute atomic E-state index is 13.6. The van der Waals surface area contributed by atoms with Gasteiger partial charge in [-0.05, 0) is 36.6 Å². The molecule has 6 nitrogen and oxygen atoms in total. The number of nitrogens with zero attached hydrogens (tertiary/aromatic N) is 2. The van der Waals surface area contributed by atoms with E-state index in [4.69, 9.17) is 0 Å². The van der Waals surface area contributed by atoms with Crippen LogP contribution in [0.5, 0.6) is 0 Å². The predicted octanol–water partition coefficient (Wildman–Crippen LogP) is 3.67. The number of carbonyl (C=O) groups is 1. The lowest BCUT2D eigenvalue weighted by molar-refractivity contribution is 0.0977. The van der Waals surface area contributed by atoms with Crippen molar-refractivity contribution in [2.45, 2.75) is 19.9 Å². The highest BCUT2D eigenvalue weighted by Gasteiger charge is 2.21. The van der Waals surface area contributed by atoms with Crippen LogP contribution in [0.15, 0.2) is 48.5 Å². The molecule has 2 aromatic carbocycles. The number of carbonyl (C=O) groups excluding carboxylic acids is 1. The summed E-state index contributed by atoms with van der Waals surface area (Å²) in [5, 5.41) is 0.530. The Labute approximate surface area is 183 Å². The third-order valence-corrected chi connectivity index (χ3v) is 6.01. The minimum absolute atomic E-state index is 0.0383. The van der Waals surface area contributed by atoms with Gasteiger partial charge < -0.3 is 4.90 Å². The van der Waals surface area contributed by atoms with Gasteiger partial charge in [0.05, 0.1) is 6.26 Å². The molecule has 0 bridgehead atoms. The van der Waals surface area contributed by atoms with Gasteiger partial charge in [0.1, 0.15) is 5.69 Å². The fraction of sp³-hybridized carbons (Fsp3) is 0.238. The van der Waals surface area contributed by atoms with E-state index in [0.717, 1.165) is 24.0 Å². The zero-order chi connectivity index (χ0) is 22.6. The highest BCUT2D eigenvalue weighted by atomic mass is 32.2. The van der Waals surface area contributed by atoms with Crippen LogP contribution in [-0.2, 0) is 23.0 Å². The number of sulfonamides is 1. The number of anilines is 1. The second-order valence-electron chi connectivity index (χ2n) is 7.01. The zero-order valence-corrected chi connectivity index (χ0v) is 18.6. The Kier molecular flexibility index (Phi) is 7.01. The van der Waals surface area contributed by atoms with Crippen molar-refractivity contribution in [2.24, 2.45) is 0 Å². The maximum Gasteiger partial charge on any atom is 0.284 e. The first kappa shape index (κ1) is 22.8. The van der Waals surface area contributed by atoms with Crippen LogP contribution in [-0.4, -0.2) is 32.1 Å². The standard InChI is InChI=1S/C21H21F2N3O3S2/c1-14-19(20(27)25-31(2,28)29)24-21(30-14)26(13-16-6-4-3-5-7-16)11-10-15-8-9-17(22)18(23)12-15/h3-9,12H,10-11,13H2,1-2H3,(H,25,27). The van der Waals surface area contributed by atoms with Gasteiger partial charge in [0, 0.05) is 18.0 Å². The number of hydrogen-bond acceptors (Lipinski definition) is 6. The van der Waals surface area contributed by atoms with Crippen molar-refractivity contribution in [2.75, 3.05) is 17.7 Å². The lowest BCUT2D eigenvalue weighted by Crippen LogP contribution is -2.30. The summed E-state index contributed by atoms with van der Waals surface area (Å²) in [6.07, 6.45) is 1.32. The number of amides is 1. The third kappa shape index (κ3) is 6.31. The molecule has 0 spiro atoms. The smallest absolute Gasteiger partial charge is 0.284 e. The van der Waals surface area contributed by atoms with Crippen LogP contribution in [0.3, 0.4) is 0 Å². The van der Waals surface area contributed by atoms with Crippen LogP contribution in [0.4, 0.5) is 13.9 Å². The molecule has 1 amide bonds. The summed E-state index contributed by atoms with van der Waals surface area (Å²) < 4.78 is 51.5. The Bertz CT molecular complexity index is 1180.